The summed E-state index contributed by atoms with van der Waals surface area (Å²) in [6, 6.07) is 25.4. The summed E-state index contributed by atoms with van der Waals surface area (Å²) in [5.41, 5.74) is 3.76. The third-order valence-electron chi connectivity index (χ3n) is 4.38. The molecule has 0 amide bonds. The van der Waals surface area contributed by atoms with Crippen LogP contribution in [0.3, 0.4) is 0 Å². The molecule has 0 heterocycles. The second-order valence-corrected chi connectivity index (χ2v) is 6.43. The predicted octanol–water partition coefficient (Wildman–Crippen LogP) is 3.58. The predicted molar refractivity (Wildman–Crippen MR) is 106 cm³/mol. The van der Waals surface area contributed by atoms with E-state index in [4.69, 9.17) is 4.74 Å². The van der Waals surface area contributed by atoms with Crippen molar-refractivity contribution in [3.8, 4) is 5.75 Å². The molecular formula is C23H25NO3. The Morgan fingerprint density at radius 1 is 0.852 bits per heavy atom. The maximum Gasteiger partial charge on any atom is 0.124 e. The van der Waals surface area contributed by atoms with Gasteiger partial charge in [-0.25, -0.2) is 0 Å². The summed E-state index contributed by atoms with van der Waals surface area (Å²) in [4.78, 5) is 0. The van der Waals surface area contributed by atoms with E-state index in [0.29, 0.717) is 19.7 Å². The van der Waals surface area contributed by atoms with Crippen molar-refractivity contribution in [2.45, 2.75) is 25.9 Å². The van der Waals surface area contributed by atoms with E-state index in [9.17, 15) is 10.2 Å². The molecule has 3 aromatic carbocycles. The highest BCUT2D eigenvalue weighted by Crippen LogP contribution is 2.20. The van der Waals surface area contributed by atoms with Gasteiger partial charge in [0, 0.05) is 18.7 Å². The fourth-order valence-corrected chi connectivity index (χ4v) is 2.89. The van der Waals surface area contributed by atoms with Crippen molar-refractivity contribution in [2.24, 2.45) is 0 Å². The lowest BCUT2D eigenvalue weighted by Crippen LogP contribution is -2.21. The second-order valence-electron chi connectivity index (χ2n) is 6.43. The molecular weight excluding hydrogens is 338 g/mol. The maximum atomic E-state index is 10.4. The van der Waals surface area contributed by atoms with Crippen LogP contribution in [0.15, 0.2) is 78.9 Å². The van der Waals surface area contributed by atoms with Crippen molar-refractivity contribution in [3.63, 3.8) is 0 Å². The van der Waals surface area contributed by atoms with Gasteiger partial charge in [-0.3, -0.25) is 0 Å². The minimum Gasteiger partial charge on any atom is -0.489 e. The Balaban J connectivity index is 1.54. The van der Waals surface area contributed by atoms with E-state index >= 15 is 0 Å². The normalized spacial score (nSPS) is 11.9. The summed E-state index contributed by atoms with van der Waals surface area (Å²) in [6.45, 7) is 1.51. The maximum absolute atomic E-state index is 10.4. The highest BCUT2D eigenvalue weighted by atomic mass is 16.5. The summed E-state index contributed by atoms with van der Waals surface area (Å²) < 4.78 is 5.97. The molecule has 27 heavy (non-hydrogen) atoms. The van der Waals surface area contributed by atoms with E-state index in [1.165, 1.54) is 0 Å². The number of para-hydroxylation sites is 1. The van der Waals surface area contributed by atoms with Gasteiger partial charge >= 0.3 is 0 Å². The zero-order chi connectivity index (χ0) is 18.9. The molecule has 0 fully saturated rings. The molecule has 0 saturated carbocycles. The highest BCUT2D eigenvalue weighted by molar-refractivity contribution is 5.33. The van der Waals surface area contributed by atoms with Crippen molar-refractivity contribution in [1.82, 2.24) is 5.32 Å². The first-order valence-electron chi connectivity index (χ1n) is 9.09. The number of ether oxygens (including phenoxy) is 1. The van der Waals surface area contributed by atoms with Gasteiger partial charge < -0.3 is 20.3 Å². The van der Waals surface area contributed by atoms with Crippen LogP contribution in [-0.2, 0) is 19.8 Å². The fourth-order valence-electron chi connectivity index (χ4n) is 2.89. The molecule has 3 rings (SSSR count). The summed E-state index contributed by atoms with van der Waals surface area (Å²) >= 11 is 0. The molecule has 0 radical (unpaired) electrons. The van der Waals surface area contributed by atoms with Crippen molar-refractivity contribution in [1.29, 1.82) is 0 Å². The van der Waals surface area contributed by atoms with Crippen molar-refractivity contribution in [3.05, 3.63) is 101 Å². The van der Waals surface area contributed by atoms with Gasteiger partial charge in [0.2, 0.25) is 0 Å². The number of nitrogens with one attached hydrogen (secondary N) is 1. The zero-order valence-electron chi connectivity index (χ0n) is 15.2. The van der Waals surface area contributed by atoms with Crippen LogP contribution in [0.25, 0.3) is 0 Å². The number of hydrogen-bond donors (Lipinski definition) is 3. The SMILES string of the molecule is OCc1cccc([C@H](O)CNCc2ccccc2OCc2ccccc2)c1. The third-order valence-corrected chi connectivity index (χ3v) is 4.38. The van der Waals surface area contributed by atoms with Crippen LogP contribution in [-0.4, -0.2) is 16.8 Å². The molecule has 0 aromatic heterocycles. The number of aliphatic hydroxyl groups excluding tert-OH is 2. The first-order chi connectivity index (χ1) is 13.3. The van der Waals surface area contributed by atoms with Gasteiger partial charge in [-0.05, 0) is 22.8 Å². The largest absolute Gasteiger partial charge is 0.489 e. The molecule has 0 unspecified atom stereocenters. The lowest BCUT2D eigenvalue weighted by Gasteiger charge is -2.15. The lowest BCUT2D eigenvalue weighted by atomic mass is 10.1. The van der Waals surface area contributed by atoms with Crippen molar-refractivity contribution in [2.75, 3.05) is 6.54 Å². The van der Waals surface area contributed by atoms with Crippen molar-refractivity contribution >= 4 is 0 Å². The smallest absolute Gasteiger partial charge is 0.124 e. The minimum absolute atomic E-state index is 0.0277. The van der Waals surface area contributed by atoms with E-state index in [1.807, 2.05) is 78.9 Å². The van der Waals surface area contributed by atoms with Gasteiger partial charge in [0.25, 0.3) is 0 Å². The zero-order valence-corrected chi connectivity index (χ0v) is 15.2. The molecule has 0 aliphatic rings. The molecule has 0 aliphatic heterocycles. The van der Waals surface area contributed by atoms with Crippen LogP contribution in [0.1, 0.15) is 28.4 Å². The molecule has 0 spiro atoms. The standard InChI is InChI=1S/C23H25NO3/c25-16-19-9-6-11-20(13-19)22(26)15-24-14-21-10-4-5-12-23(21)27-17-18-7-2-1-3-8-18/h1-13,22,24-26H,14-17H2/t22-/m1/s1. The summed E-state index contributed by atoms with van der Waals surface area (Å²) in [5.74, 6) is 0.839. The Morgan fingerprint density at radius 3 is 2.41 bits per heavy atom. The molecule has 140 valence electrons. The first kappa shape index (κ1) is 19.1. The number of rotatable bonds is 9. The monoisotopic (exact) mass is 363 g/mol. The average molecular weight is 363 g/mol. The van der Waals surface area contributed by atoms with Crippen molar-refractivity contribution < 1.29 is 14.9 Å². The van der Waals surface area contributed by atoms with E-state index < -0.39 is 6.10 Å². The van der Waals surface area contributed by atoms with Crippen LogP contribution in [0.5, 0.6) is 5.75 Å². The number of aliphatic hydroxyl groups is 2. The molecule has 4 heteroatoms. The Bertz CT molecular complexity index is 836. The van der Waals surface area contributed by atoms with Crippen LogP contribution >= 0.6 is 0 Å². The van der Waals surface area contributed by atoms with E-state index in [2.05, 4.69) is 5.32 Å². The van der Waals surface area contributed by atoms with Crippen LogP contribution in [0, 0.1) is 0 Å². The van der Waals surface area contributed by atoms with Gasteiger partial charge in [-0.15, -0.1) is 0 Å². The van der Waals surface area contributed by atoms with E-state index in [1.54, 1.807) is 0 Å². The molecule has 0 saturated heterocycles. The van der Waals surface area contributed by atoms with Gasteiger partial charge in [0.1, 0.15) is 12.4 Å². The molecule has 0 aliphatic carbocycles. The Morgan fingerprint density at radius 2 is 1.59 bits per heavy atom. The summed E-state index contributed by atoms with van der Waals surface area (Å²) in [7, 11) is 0. The molecule has 3 N–H and O–H groups in total. The topological polar surface area (TPSA) is 61.7 Å². The minimum atomic E-state index is -0.631. The number of hydrogen-bond acceptors (Lipinski definition) is 4. The summed E-state index contributed by atoms with van der Waals surface area (Å²) in [6.07, 6.45) is -0.631. The second kappa shape index (κ2) is 9.88. The van der Waals surface area contributed by atoms with Gasteiger partial charge in [-0.1, -0.05) is 72.8 Å². The Hall–Kier alpha value is -2.66. The Labute approximate surface area is 160 Å². The van der Waals surface area contributed by atoms with Crippen LogP contribution in [0.2, 0.25) is 0 Å². The quantitative estimate of drug-likeness (QED) is 0.544. The lowest BCUT2D eigenvalue weighted by molar-refractivity contribution is 0.173. The Kier molecular flexibility index (Phi) is 6.99. The summed E-state index contributed by atoms with van der Waals surface area (Å²) in [5, 5.41) is 22.9. The third kappa shape index (κ3) is 5.66. The average Bonchev–Trinajstić information content (AvgIpc) is 2.73. The molecule has 0 bridgehead atoms. The first-order valence-corrected chi connectivity index (χ1v) is 9.09. The van der Waals surface area contributed by atoms with Crippen LogP contribution < -0.4 is 10.1 Å². The fraction of sp³-hybridized carbons (Fsp3) is 0.217. The molecule has 3 aromatic rings. The van der Waals surface area contributed by atoms with Crippen LogP contribution in [0.4, 0.5) is 0 Å². The van der Waals surface area contributed by atoms with E-state index in [-0.39, 0.29) is 6.61 Å². The van der Waals surface area contributed by atoms with Gasteiger partial charge in [-0.2, -0.15) is 0 Å². The van der Waals surface area contributed by atoms with Gasteiger partial charge in [0.15, 0.2) is 0 Å². The molecule has 1 atom stereocenters. The van der Waals surface area contributed by atoms with E-state index in [0.717, 1.165) is 28.0 Å². The van der Waals surface area contributed by atoms with Gasteiger partial charge in [0.05, 0.1) is 12.7 Å². The highest BCUT2D eigenvalue weighted by Gasteiger charge is 2.09. The molecule has 4 nitrogen and oxygen atoms in total. The number of benzene rings is 3.